The van der Waals surface area contributed by atoms with Crippen molar-refractivity contribution in [2.45, 2.75) is 45.2 Å². The summed E-state index contributed by atoms with van der Waals surface area (Å²) in [7, 11) is 0. The van der Waals surface area contributed by atoms with E-state index in [4.69, 9.17) is 0 Å². The molecule has 5 heteroatoms. The van der Waals surface area contributed by atoms with Gasteiger partial charge in [-0.2, -0.15) is 0 Å². The molecule has 0 saturated heterocycles. The normalized spacial score (nSPS) is 13.3. The fourth-order valence-corrected chi connectivity index (χ4v) is 4.79. The molecule has 2 aromatic carbocycles. The fraction of sp³-hybridized carbons (Fsp3) is 0.269. The van der Waals surface area contributed by atoms with E-state index < -0.39 is 0 Å². The molecule has 0 aliphatic carbocycles. The molecule has 0 saturated carbocycles. The van der Waals surface area contributed by atoms with E-state index >= 15 is 0 Å². The zero-order valence-electron chi connectivity index (χ0n) is 17.8. The number of thiophene rings is 1. The van der Waals surface area contributed by atoms with Gasteiger partial charge in [-0.15, -0.1) is 11.3 Å². The SMILES string of the molecule is CC[C@@H](C)NC(=O)C[C@H](c1cccs1)c1cn(Cc2ccc(F)cc2)c2ccccc12. The number of rotatable bonds is 8. The predicted molar refractivity (Wildman–Crippen MR) is 126 cm³/mol. The molecule has 4 aromatic rings. The fourth-order valence-electron chi connectivity index (χ4n) is 3.94. The summed E-state index contributed by atoms with van der Waals surface area (Å²) in [4.78, 5) is 14.0. The number of hydrogen-bond donors (Lipinski definition) is 1. The molecule has 0 unspecified atom stereocenters. The lowest BCUT2D eigenvalue weighted by atomic mass is 9.93. The number of carbonyl (C=O) groups excluding carboxylic acids is 1. The number of nitrogens with one attached hydrogen (secondary N) is 1. The maximum atomic E-state index is 13.3. The number of fused-ring (bicyclic) bond motifs is 1. The molecule has 0 aliphatic rings. The Bertz CT molecular complexity index is 1150. The van der Waals surface area contributed by atoms with Gasteiger partial charge in [0.05, 0.1) is 0 Å². The number of carbonyl (C=O) groups is 1. The van der Waals surface area contributed by atoms with Crippen LogP contribution in [-0.2, 0) is 11.3 Å². The number of nitrogens with zero attached hydrogens (tertiary/aromatic N) is 1. The van der Waals surface area contributed by atoms with Gasteiger partial charge in [-0.1, -0.05) is 43.3 Å². The molecular weight excluding hydrogens is 407 g/mol. The highest BCUT2D eigenvalue weighted by Gasteiger charge is 2.24. The van der Waals surface area contributed by atoms with Crippen molar-refractivity contribution < 1.29 is 9.18 Å². The molecule has 0 bridgehead atoms. The van der Waals surface area contributed by atoms with Crippen molar-refractivity contribution in [1.82, 2.24) is 9.88 Å². The van der Waals surface area contributed by atoms with E-state index in [1.54, 1.807) is 11.3 Å². The van der Waals surface area contributed by atoms with E-state index in [9.17, 15) is 9.18 Å². The van der Waals surface area contributed by atoms with Gasteiger partial charge in [-0.25, -0.2) is 4.39 Å². The lowest BCUT2D eigenvalue weighted by Crippen LogP contribution is -2.32. The van der Waals surface area contributed by atoms with Crippen LogP contribution >= 0.6 is 11.3 Å². The van der Waals surface area contributed by atoms with Crippen molar-refractivity contribution in [2.24, 2.45) is 0 Å². The van der Waals surface area contributed by atoms with E-state index in [1.165, 1.54) is 17.0 Å². The average Bonchev–Trinajstić information content (AvgIpc) is 3.43. The number of amides is 1. The van der Waals surface area contributed by atoms with Crippen molar-refractivity contribution in [3.63, 3.8) is 0 Å². The first-order valence-corrected chi connectivity index (χ1v) is 11.6. The van der Waals surface area contributed by atoms with E-state index in [-0.39, 0.29) is 23.7 Å². The van der Waals surface area contributed by atoms with Crippen LogP contribution in [0, 0.1) is 5.82 Å². The smallest absolute Gasteiger partial charge is 0.221 e. The minimum Gasteiger partial charge on any atom is -0.354 e. The van der Waals surface area contributed by atoms with Crippen molar-refractivity contribution in [1.29, 1.82) is 0 Å². The minimum atomic E-state index is -0.230. The first-order chi connectivity index (χ1) is 15.0. The number of para-hydroxylation sites is 1. The van der Waals surface area contributed by atoms with E-state index in [0.29, 0.717) is 13.0 Å². The van der Waals surface area contributed by atoms with Crippen LogP contribution in [0.4, 0.5) is 4.39 Å². The lowest BCUT2D eigenvalue weighted by Gasteiger charge is -2.17. The molecule has 0 aliphatic heterocycles. The molecule has 160 valence electrons. The molecular formula is C26H27FN2OS. The van der Waals surface area contributed by atoms with E-state index in [1.807, 2.05) is 37.3 Å². The van der Waals surface area contributed by atoms with Gasteiger partial charge in [0.15, 0.2) is 0 Å². The minimum absolute atomic E-state index is 0.0107. The molecule has 3 nitrogen and oxygen atoms in total. The lowest BCUT2D eigenvalue weighted by molar-refractivity contribution is -0.121. The Balaban J connectivity index is 1.72. The summed E-state index contributed by atoms with van der Waals surface area (Å²) in [6.07, 6.45) is 3.48. The first-order valence-electron chi connectivity index (χ1n) is 10.7. The summed E-state index contributed by atoms with van der Waals surface area (Å²) in [6.45, 7) is 4.76. The van der Waals surface area contributed by atoms with Crippen LogP contribution < -0.4 is 5.32 Å². The maximum Gasteiger partial charge on any atom is 0.221 e. The topological polar surface area (TPSA) is 34.0 Å². The number of hydrogen-bond acceptors (Lipinski definition) is 2. The van der Waals surface area contributed by atoms with Gasteiger partial charge in [-0.3, -0.25) is 4.79 Å². The molecule has 2 atom stereocenters. The highest BCUT2D eigenvalue weighted by Crippen LogP contribution is 2.37. The predicted octanol–water partition coefficient (Wildman–Crippen LogP) is 6.33. The second-order valence-corrected chi connectivity index (χ2v) is 8.98. The molecule has 0 spiro atoms. The van der Waals surface area contributed by atoms with Gasteiger partial charge in [0.25, 0.3) is 0 Å². The van der Waals surface area contributed by atoms with Crippen LogP contribution in [0.25, 0.3) is 10.9 Å². The molecule has 31 heavy (non-hydrogen) atoms. The van der Waals surface area contributed by atoms with Crippen LogP contribution in [-0.4, -0.2) is 16.5 Å². The van der Waals surface area contributed by atoms with Crippen molar-refractivity contribution in [2.75, 3.05) is 0 Å². The van der Waals surface area contributed by atoms with Crippen molar-refractivity contribution >= 4 is 28.1 Å². The summed E-state index contributed by atoms with van der Waals surface area (Å²) in [5.41, 5.74) is 3.31. The number of halogens is 1. The summed E-state index contributed by atoms with van der Waals surface area (Å²) in [6, 6.07) is 19.2. The number of benzene rings is 2. The van der Waals surface area contributed by atoms with Crippen molar-refractivity contribution in [3.05, 3.63) is 94.1 Å². The zero-order chi connectivity index (χ0) is 21.8. The summed E-state index contributed by atoms with van der Waals surface area (Å²) in [5, 5.41) is 6.33. The molecule has 0 radical (unpaired) electrons. The summed E-state index contributed by atoms with van der Waals surface area (Å²) >= 11 is 1.68. The Kier molecular flexibility index (Phi) is 6.52. The van der Waals surface area contributed by atoms with E-state index in [2.05, 4.69) is 46.6 Å². The Hall–Kier alpha value is -2.92. The Morgan fingerprint density at radius 3 is 2.58 bits per heavy atom. The van der Waals surface area contributed by atoms with Gasteiger partial charge in [0.1, 0.15) is 5.82 Å². The van der Waals surface area contributed by atoms with Crippen LogP contribution in [0.1, 0.15) is 48.6 Å². The second kappa shape index (κ2) is 9.48. The first kappa shape index (κ1) is 21.3. The molecule has 1 amide bonds. The average molecular weight is 435 g/mol. The molecule has 4 rings (SSSR count). The Morgan fingerprint density at radius 2 is 1.87 bits per heavy atom. The molecule has 2 heterocycles. The van der Waals surface area contributed by atoms with Crippen LogP contribution in [0.15, 0.2) is 72.2 Å². The van der Waals surface area contributed by atoms with E-state index in [0.717, 1.165) is 28.5 Å². The maximum absolute atomic E-state index is 13.3. The molecule has 1 N–H and O–H groups in total. The largest absolute Gasteiger partial charge is 0.354 e. The summed E-state index contributed by atoms with van der Waals surface area (Å²) in [5.74, 6) is -0.168. The third-order valence-corrected chi connectivity index (χ3v) is 6.74. The number of aromatic nitrogens is 1. The molecule has 2 aromatic heterocycles. The quantitative estimate of drug-likeness (QED) is 0.346. The van der Waals surface area contributed by atoms with Gasteiger partial charge in [0.2, 0.25) is 5.91 Å². The Morgan fingerprint density at radius 1 is 1.10 bits per heavy atom. The van der Waals surface area contributed by atoms with Gasteiger partial charge in [0, 0.05) is 46.9 Å². The summed E-state index contributed by atoms with van der Waals surface area (Å²) < 4.78 is 15.5. The zero-order valence-corrected chi connectivity index (χ0v) is 18.7. The van der Waals surface area contributed by atoms with Gasteiger partial charge >= 0.3 is 0 Å². The van der Waals surface area contributed by atoms with Gasteiger partial charge < -0.3 is 9.88 Å². The third-order valence-electron chi connectivity index (χ3n) is 5.76. The van der Waals surface area contributed by atoms with Crippen LogP contribution in [0.5, 0.6) is 0 Å². The van der Waals surface area contributed by atoms with Crippen molar-refractivity contribution in [3.8, 4) is 0 Å². The second-order valence-electron chi connectivity index (χ2n) is 8.00. The Labute approximate surface area is 186 Å². The molecule has 0 fully saturated rings. The monoisotopic (exact) mass is 434 g/mol. The highest BCUT2D eigenvalue weighted by atomic mass is 32.1. The van der Waals surface area contributed by atoms with Crippen LogP contribution in [0.2, 0.25) is 0 Å². The highest BCUT2D eigenvalue weighted by molar-refractivity contribution is 7.10. The standard InChI is InChI=1S/C26H27FN2OS/c1-3-18(2)28-26(30)15-22(25-9-6-14-31-25)23-17-29(24-8-5-4-7-21(23)24)16-19-10-12-20(27)13-11-19/h4-14,17-18,22H,3,15-16H2,1-2H3,(H,28,30)/t18-,22+/m1/s1. The van der Waals surface area contributed by atoms with Gasteiger partial charge in [-0.05, 0) is 54.1 Å². The third kappa shape index (κ3) is 4.88. The van der Waals surface area contributed by atoms with Crippen LogP contribution in [0.3, 0.4) is 0 Å².